The molecular formula is C23H20BrNO2. The van der Waals surface area contributed by atoms with Gasteiger partial charge in [-0.3, -0.25) is 0 Å². The summed E-state index contributed by atoms with van der Waals surface area (Å²) < 4.78 is 8.36. The van der Waals surface area contributed by atoms with Gasteiger partial charge in [0.15, 0.2) is 0 Å². The van der Waals surface area contributed by atoms with E-state index in [1.165, 1.54) is 0 Å². The van der Waals surface area contributed by atoms with Crippen molar-refractivity contribution in [2.45, 2.75) is 26.4 Å². The monoisotopic (exact) mass is 421 g/mol. The summed E-state index contributed by atoms with van der Waals surface area (Å²) in [5.74, 6) is 0. The summed E-state index contributed by atoms with van der Waals surface area (Å²) in [6.45, 7) is 5.64. The van der Waals surface area contributed by atoms with E-state index in [2.05, 4.69) is 28.1 Å². The number of hydrogen-bond donors (Lipinski definition) is 0. The number of para-hydroxylation sites is 1. The second-order valence-electron chi connectivity index (χ2n) is 7.54. The lowest BCUT2D eigenvalue weighted by Crippen LogP contribution is -2.27. The van der Waals surface area contributed by atoms with E-state index in [1.807, 2.05) is 75.4 Å². The van der Waals surface area contributed by atoms with Gasteiger partial charge >= 0.3 is 6.09 Å². The van der Waals surface area contributed by atoms with Crippen molar-refractivity contribution >= 4 is 43.8 Å². The summed E-state index contributed by atoms with van der Waals surface area (Å²) in [6, 6.07) is 22.2. The van der Waals surface area contributed by atoms with Crippen LogP contribution < -0.4 is 0 Å². The van der Waals surface area contributed by atoms with Crippen molar-refractivity contribution in [3.63, 3.8) is 0 Å². The molecule has 0 saturated carbocycles. The second-order valence-corrected chi connectivity index (χ2v) is 8.40. The Hall–Kier alpha value is -2.59. The number of hydrogen-bond acceptors (Lipinski definition) is 2. The Morgan fingerprint density at radius 1 is 0.889 bits per heavy atom. The first-order valence-corrected chi connectivity index (χ1v) is 9.66. The van der Waals surface area contributed by atoms with Crippen molar-refractivity contribution in [3.05, 3.63) is 71.2 Å². The third kappa shape index (κ3) is 3.26. The quantitative estimate of drug-likeness (QED) is 0.331. The molecule has 0 atom stereocenters. The summed E-state index contributed by atoms with van der Waals surface area (Å²) in [5, 5.41) is 2.07. The number of rotatable bonds is 1. The molecule has 0 amide bonds. The van der Waals surface area contributed by atoms with Gasteiger partial charge in [0.1, 0.15) is 5.60 Å². The van der Waals surface area contributed by atoms with E-state index < -0.39 is 5.60 Å². The van der Waals surface area contributed by atoms with Crippen LogP contribution in [0.1, 0.15) is 20.8 Å². The first-order chi connectivity index (χ1) is 12.8. The fourth-order valence-corrected chi connectivity index (χ4v) is 3.85. The van der Waals surface area contributed by atoms with E-state index >= 15 is 0 Å². The summed E-state index contributed by atoms with van der Waals surface area (Å²) in [5.41, 5.74) is 3.37. The fourth-order valence-electron chi connectivity index (χ4n) is 3.34. The van der Waals surface area contributed by atoms with Crippen LogP contribution in [0.4, 0.5) is 4.79 Å². The van der Waals surface area contributed by atoms with Crippen molar-refractivity contribution < 1.29 is 9.53 Å². The minimum atomic E-state index is -0.552. The second kappa shape index (κ2) is 6.54. The molecule has 0 aliphatic rings. The lowest BCUT2D eigenvalue weighted by atomic mass is 10.0. The maximum Gasteiger partial charge on any atom is 0.419 e. The number of halogens is 1. The largest absolute Gasteiger partial charge is 0.443 e. The Kier molecular flexibility index (Phi) is 4.31. The highest BCUT2D eigenvalue weighted by Crippen LogP contribution is 2.35. The minimum absolute atomic E-state index is 0.359. The molecule has 1 aromatic heterocycles. The summed E-state index contributed by atoms with van der Waals surface area (Å²) in [6.07, 6.45) is -0.359. The number of carbonyl (C=O) groups excluding carboxylic acids is 1. The van der Waals surface area contributed by atoms with E-state index in [-0.39, 0.29) is 6.09 Å². The average Bonchev–Trinajstić information content (AvgIpc) is 2.94. The molecule has 0 radical (unpaired) electrons. The number of nitrogens with zero attached hydrogens (tertiary/aromatic N) is 1. The van der Waals surface area contributed by atoms with E-state index in [9.17, 15) is 4.79 Å². The highest BCUT2D eigenvalue weighted by Gasteiger charge is 2.22. The van der Waals surface area contributed by atoms with Gasteiger partial charge in [-0.05, 0) is 56.2 Å². The van der Waals surface area contributed by atoms with E-state index in [4.69, 9.17) is 4.74 Å². The molecular weight excluding hydrogens is 402 g/mol. The molecule has 4 heteroatoms. The first kappa shape index (κ1) is 17.8. The van der Waals surface area contributed by atoms with Crippen LogP contribution in [0.3, 0.4) is 0 Å². The van der Waals surface area contributed by atoms with Crippen molar-refractivity contribution in [1.82, 2.24) is 4.57 Å². The van der Waals surface area contributed by atoms with Gasteiger partial charge in [0.05, 0.1) is 11.0 Å². The molecule has 0 unspecified atom stereocenters. The van der Waals surface area contributed by atoms with Gasteiger partial charge in [-0.25, -0.2) is 9.36 Å². The number of benzene rings is 3. The zero-order valence-corrected chi connectivity index (χ0v) is 17.1. The Morgan fingerprint density at radius 2 is 1.56 bits per heavy atom. The smallest absolute Gasteiger partial charge is 0.419 e. The zero-order chi connectivity index (χ0) is 19.2. The molecule has 0 fully saturated rings. The van der Waals surface area contributed by atoms with E-state index in [0.29, 0.717) is 0 Å². The van der Waals surface area contributed by atoms with Gasteiger partial charge in [0, 0.05) is 15.2 Å². The SMILES string of the molecule is CC(C)(C)OC(=O)n1c2ccccc2c2cc(-c3ccccc3Br)ccc21. The molecule has 0 aliphatic carbocycles. The van der Waals surface area contributed by atoms with Crippen molar-refractivity contribution in [1.29, 1.82) is 0 Å². The summed E-state index contributed by atoms with van der Waals surface area (Å²) >= 11 is 3.63. The van der Waals surface area contributed by atoms with E-state index in [0.717, 1.165) is 37.4 Å². The molecule has 1 heterocycles. The van der Waals surface area contributed by atoms with Crippen LogP contribution in [0.25, 0.3) is 32.9 Å². The summed E-state index contributed by atoms with van der Waals surface area (Å²) in [7, 11) is 0. The molecule has 4 rings (SSSR count). The zero-order valence-electron chi connectivity index (χ0n) is 15.5. The molecule has 0 N–H and O–H groups in total. The molecule has 27 heavy (non-hydrogen) atoms. The van der Waals surface area contributed by atoms with Gasteiger partial charge in [0.25, 0.3) is 0 Å². The number of ether oxygens (including phenoxy) is 1. The summed E-state index contributed by atoms with van der Waals surface area (Å²) in [4.78, 5) is 12.9. The lowest BCUT2D eigenvalue weighted by Gasteiger charge is -2.20. The van der Waals surface area contributed by atoms with Crippen molar-refractivity contribution in [2.75, 3.05) is 0 Å². The van der Waals surface area contributed by atoms with Gasteiger partial charge in [-0.1, -0.05) is 58.4 Å². The third-order valence-electron chi connectivity index (χ3n) is 4.43. The Balaban J connectivity index is 1.97. The topological polar surface area (TPSA) is 31.2 Å². The predicted molar refractivity (Wildman–Crippen MR) is 114 cm³/mol. The number of carbonyl (C=O) groups is 1. The van der Waals surface area contributed by atoms with Gasteiger partial charge in [-0.2, -0.15) is 0 Å². The highest BCUT2D eigenvalue weighted by molar-refractivity contribution is 9.10. The third-order valence-corrected chi connectivity index (χ3v) is 5.13. The van der Waals surface area contributed by atoms with Crippen LogP contribution in [-0.4, -0.2) is 16.3 Å². The van der Waals surface area contributed by atoms with Crippen molar-refractivity contribution in [2.24, 2.45) is 0 Å². The molecule has 3 nitrogen and oxygen atoms in total. The number of aromatic nitrogens is 1. The Bertz CT molecular complexity index is 1170. The molecule has 0 spiro atoms. The first-order valence-electron chi connectivity index (χ1n) is 8.86. The van der Waals surface area contributed by atoms with E-state index in [1.54, 1.807) is 4.57 Å². The van der Waals surface area contributed by atoms with Gasteiger partial charge < -0.3 is 4.74 Å². The molecule has 4 aromatic rings. The molecule has 0 bridgehead atoms. The minimum Gasteiger partial charge on any atom is -0.443 e. The molecule has 3 aromatic carbocycles. The molecule has 0 aliphatic heterocycles. The van der Waals surface area contributed by atoms with Crippen LogP contribution in [0.2, 0.25) is 0 Å². The Morgan fingerprint density at radius 3 is 2.30 bits per heavy atom. The molecule has 0 saturated heterocycles. The average molecular weight is 422 g/mol. The standard InChI is InChI=1S/C23H20BrNO2/c1-23(2,3)27-22(26)25-20-11-7-5-9-17(20)18-14-15(12-13-21(18)25)16-8-4-6-10-19(16)24/h4-14H,1-3H3. The Labute approximate surface area is 166 Å². The van der Waals surface area contributed by atoms with Crippen LogP contribution >= 0.6 is 15.9 Å². The van der Waals surface area contributed by atoms with Gasteiger partial charge in [0.2, 0.25) is 0 Å². The highest BCUT2D eigenvalue weighted by atomic mass is 79.9. The van der Waals surface area contributed by atoms with Crippen LogP contribution in [0, 0.1) is 0 Å². The lowest BCUT2D eigenvalue weighted by molar-refractivity contribution is 0.0551. The van der Waals surface area contributed by atoms with Crippen LogP contribution in [0.5, 0.6) is 0 Å². The number of fused-ring (bicyclic) bond motifs is 3. The predicted octanol–water partition coefficient (Wildman–Crippen LogP) is 7.01. The van der Waals surface area contributed by atoms with Crippen molar-refractivity contribution in [3.8, 4) is 11.1 Å². The molecule has 136 valence electrons. The normalized spacial score (nSPS) is 11.9. The maximum absolute atomic E-state index is 12.9. The van der Waals surface area contributed by atoms with Crippen LogP contribution in [-0.2, 0) is 4.74 Å². The van der Waals surface area contributed by atoms with Gasteiger partial charge in [-0.15, -0.1) is 0 Å². The maximum atomic E-state index is 12.9. The fraction of sp³-hybridized carbons (Fsp3) is 0.174. The van der Waals surface area contributed by atoms with Crippen LogP contribution in [0.15, 0.2) is 71.2 Å².